The van der Waals surface area contributed by atoms with Gasteiger partial charge in [-0.1, -0.05) is 185 Å². The maximum Gasteiger partial charge on any atom is 0.0547 e. The molecule has 8 aromatic rings. The third-order valence-corrected chi connectivity index (χ3v) is 13.3. The van der Waals surface area contributed by atoms with Crippen molar-refractivity contribution >= 4 is 43.6 Å². The van der Waals surface area contributed by atoms with Gasteiger partial charge in [-0.05, 0) is 126 Å². The van der Waals surface area contributed by atoms with Crippen LogP contribution in [-0.4, -0.2) is 9.13 Å². The number of rotatable bonds is 3. The molecular formula is C60H72N2. The summed E-state index contributed by atoms with van der Waals surface area (Å²) in [6.45, 7) is 42.3. The van der Waals surface area contributed by atoms with Crippen molar-refractivity contribution < 1.29 is 0 Å². The minimum absolute atomic E-state index is 0.0121. The summed E-state index contributed by atoms with van der Waals surface area (Å²) in [6.07, 6.45) is 0. The highest BCUT2D eigenvalue weighted by Crippen LogP contribution is 2.48. The molecule has 0 amide bonds. The smallest absolute Gasteiger partial charge is 0.0547 e. The third-order valence-electron chi connectivity index (χ3n) is 13.3. The maximum absolute atomic E-state index is 2.59. The van der Waals surface area contributed by atoms with Gasteiger partial charge in [0.25, 0.3) is 0 Å². The van der Waals surface area contributed by atoms with Crippen LogP contribution in [0.5, 0.6) is 0 Å². The monoisotopic (exact) mass is 821 g/mol. The molecule has 322 valence electrons. The highest BCUT2D eigenvalue weighted by Gasteiger charge is 2.31. The summed E-state index contributed by atoms with van der Waals surface area (Å²) in [4.78, 5) is 0. The fraction of sp³-hybridized carbons (Fsp3) is 0.400. The van der Waals surface area contributed by atoms with Gasteiger partial charge in [-0.2, -0.15) is 0 Å². The Hall–Kier alpha value is -5.08. The van der Waals surface area contributed by atoms with Gasteiger partial charge in [0.05, 0.1) is 27.8 Å². The Bertz CT molecular complexity index is 2980. The Morgan fingerprint density at radius 2 is 0.790 bits per heavy atom. The van der Waals surface area contributed by atoms with Crippen molar-refractivity contribution in [1.82, 2.24) is 9.13 Å². The van der Waals surface area contributed by atoms with Crippen LogP contribution in [0.25, 0.3) is 66.1 Å². The number of hydrogen-bond donors (Lipinski definition) is 0. The van der Waals surface area contributed by atoms with E-state index < -0.39 is 0 Å². The van der Waals surface area contributed by atoms with Crippen LogP contribution in [0, 0.1) is 0 Å². The normalized spacial score (nSPS) is 13.6. The first-order valence-corrected chi connectivity index (χ1v) is 23.0. The minimum Gasteiger partial charge on any atom is -0.309 e. The lowest BCUT2D eigenvalue weighted by molar-refractivity contribution is 0.567. The lowest BCUT2D eigenvalue weighted by atomic mass is 9.78. The molecule has 0 bridgehead atoms. The first-order chi connectivity index (χ1) is 28.5. The quantitative estimate of drug-likeness (QED) is 0.168. The molecule has 0 saturated carbocycles. The average molecular weight is 821 g/mol. The van der Waals surface area contributed by atoms with E-state index in [-0.39, 0.29) is 32.5 Å². The van der Waals surface area contributed by atoms with Crippen LogP contribution >= 0.6 is 0 Å². The summed E-state index contributed by atoms with van der Waals surface area (Å²) in [6, 6.07) is 42.9. The number of hydrogen-bond acceptors (Lipinski definition) is 0. The average Bonchev–Trinajstić information content (AvgIpc) is 3.67. The number of nitrogens with zero attached hydrogens (tertiary/aromatic N) is 2. The van der Waals surface area contributed by atoms with Gasteiger partial charge < -0.3 is 9.13 Å². The van der Waals surface area contributed by atoms with Crippen LogP contribution in [0.15, 0.2) is 109 Å². The largest absolute Gasteiger partial charge is 0.309 e. The van der Waals surface area contributed by atoms with Crippen LogP contribution in [0.3, 0.4) is 0 Å². The third kappa shape index (κ3) is 7.50. The van der Waals surface area contributed by atoms with Gasteiger partial charge in [-0.15, -0.1) is 0 Å². The number of fused-ring (bicyclic) bond motifs is 6. The molecule has 0 aliphatic rings. The SMILES string of the molecule is CC(C)(C)c1cc(-c2cccc3c2c2c(C(C)(C)C)c(-n4c5ccccc5c5cc(C(C)(C)C)ccc54)ccc2n3-c2cc(C(C)(C)C)cc(C(C)(C)C)c2)cc(C(C)(C)C)c1. The van der Waals surface area contributed by atoms with Gasteiger partial charge >= 0.3 is 0 Å². The van der Waals surface area contributed by atoms with E-state index in [1.54, 1.807) is 0 Å². The first kappa shape index (κ1) is 43.6. The van der Waals surface area contributed by atoms with Crippen molar-refractivity contribution in [2.24, 2.45) is 0 Å². The second-order valence-corrected chi connectivity index (χ2v) is 24.5. The number of para-hydroxylation sites is 1. The molecule has 6 aromatic carbocycles. The summed E-state index contributed by atoms with van der Waals surface area (Å²) >= 11 is 0. The van der Waals surface area contributed by atoms with E-state index in [2.05, 4.69) is 243 Å². The Balaban J connectivity index is 1.61. The van der Waals surface area contributed by atoms with Crippen molar-refractivity contribution in [3.8, 4) is 22.5 Å². The molecule has 8 rings (SSSR count). The summed E-state index contributed by atoms with van der Waals surface area (Å²) in [5, 5.41) is 5.24. The van der Waals surface area contributed by atoms with E-state index in [9.17, 15) is 0 Å². The Morgan fingerprint density at radius 3 is 1.32 bits per heavy atom. The van der Waals surface area contributed by atoms with Crippen molar-refractivity contribution in [2.45, 2.75) is 157 Å². The Labute approximate surface area is 373 Å². The van der Waals surface area contributed by atoms with E-state index in [0.717, 1.165) is 0 Å². The van der Waals surface area contributed by atoms with Crippen molar-refractivity contribution in [3.63, 3.8) is 0 Å². The summed E-state index contributed by atoms with van der Waals surface area (Å²) in [7, 11) is 0. The maximum atomic E-state index is 2.59. The number of aromatic nitrogens is 2. The highest BCUT2D eigenvalue weighted by atomic mass is 15.0. The fourth-order valence-corrected chi connectivity index (χ4v) is 9.56. The van der Waals surface area contributed by atoms with E-state index in [1.165, 1.54) is 99.5 Å². The molecule has 2 aromatic heterocycles. The van der Waals surface area contributed by atoms with E-state index in [4.69, 9.17) is 0 Å². The molecule has 0 N–H and O–H groups in total. The standard InChI is InChI=1S/C60H72N2/c1-55(2,3)38-26-27-48-46(36-38)45-22-19-20-24-47(45)62(48)51-29-28-50-53(54(51)60(16,17)18)52-44(37-30-39(56(4,5)6)32-40(31-37)57(7,8)9)23-21-25-49(52)61(50)43-34-41(58(10,11)12)33-42(35-43)59(13,14)15/h19-36H,1-18H3. The van der Waals surface area contributed by atoms with E-state index in [1.807, 2.05) is 0 Å². The topological polar surface area (TPSA) is 9.86 Å². The van der Waals surface area contributed by atoms with Crippen LogP contribution in [0.2, 0.25) is 0 Å². The van der Waals surface area contributed by atoms with E-state index >= 15 is 0 Å². The van der Waals surface area contributed by atoms with Crippen LogP contribution < -0.4 is 0 Å². The van der Waals surface area contributed by atoms with Crippen molar-refractivity contribution in [2.75, 3.05) is 0 Å². The molecule has 2 heteroatoms. The second-order valence-electron chi connectivity index (χ2n) is 24.5. The summed E-state index contributed by atoms with van der Waals surface area (Å²) in [5.41, 5.74) is 17.9. The van der Waals surface area contributed by atoms with Crippen LogP contribution in [0.4, 0.5) is 0 Å². The molecule has 0 fully saturated rings. The molecule has 0 spiro atoms. The summed E-state index contributed by atoms with van der Waals surface area (Å²) < 4.78 is 5.16. The predicted octanol–water partition coefficient (Wildman–Crippen LogP) is 17.3. The van der Waals surface area contributed by atoms with Crippen molar-refractivity contribution in [1.29, 1.82) is 0 Å². The lowest BCUT2D eigenvalue weighted by Crippen LogP contribution is -2.17. The van der Waals surface area contributed by atoms with Gasteiger partial charge in [0.15, 0.2) is 0 Å². The van der Waals surface area contributed by atoms with Crippen molar-refractivity contribution in [3.05, 3.63) is 143 Å². The fourth-order valence-electron chi connectivity index (χ4n) is 9.56. The number of benzene rings is 6. The molecular weight excluding hydrogens is 749 g/mol. The molecule has 0 aliphatic carbocycles. The summed E-state index contributed by atoms with van der Waals surface area (Å²) in [5.74, 6) is 0. The molecule has 0 radical (unpaired) electrons. The Kier molecular flexibility index (Phi) is 9.99. The van der Waals surface area contributed by atoms with Gasteiger partial charge in [0.2, 0.25) is 0 Å². The second kappa shape index (κ2) is 14.2. The molecule has 0 aliphatic heterocycles. The molecule has 0 unspecified atom stereocenters. The molecule has 2 heterocycles. The van der Waals surface area contributed by atoms with Gasteiger partial charge in [-0.3, -0.25) is 0 Å². The zero-order valence-corrected chi connectivity index (χ0v) is 41.3. The zero-order valence-electron chi connectivity index (χ0n) is 41.3. The van der Waals surface area contributed by atoms with Gasteiger partial charge in [-0.25, -0.2) is 0 Å². The van der Waals surface area contributed by atoms with Gasteiger partial charge in [0, 0.05) is 27.2 Å². The van der Waals surface area contributed by atoms with E-state index in [0.29, 0.717) is 0 Å². The zero-order chi connectivity index (χ0) is 45.3. The Morgan fingerprint density at radius 1 is 0.323 bits per heavy atom. The predicted molar refractivity (Wildman–Crippen MR) is 273 cm³/mol. The molecule has 2 nitrogen and oxygen atoms in total. The minimum atomic E-state index is -0.224. The van der Waals surface area contributed by atoms with Crippen LogP contribution in [-0.2, 0) is 32.5 Å². The molecule has 62 heavy (non-hydrogen) atoms. The highest BCUT2D eigenvalue weighted by molar-refractivity contribution is 6.19. The van der Waals surface area contributed by atoms with Gasteiger partial charge in [0.1, 0.15) is 0 Å². The molecule has 0 saturated heterocycles. The molecule has 0 atom stereocenters. The van der Waals surface area contributed by atoms with Crippen LogP contribution in [0.1, 0.15) is 158 Å². The lowest BCUT2D eigenvalue weighted by Gasteiger charge is -2.27. The first-order valence-electron chi connectivity index (χ1n) is 23.0.